The molecule has 0 aromatic heterocycles. The second-order valence-corrected chi connectivity index (χ2v) is 5.62. The molecule has 0 aliphatic carbocycles. The third kappa shape index (κ3) is 4.94. The van der Waals surface area contributed by atoms with Crippen LogP contribution in [0, 0.1) is 0 Å². The van der Waals surface area contributed by atoms with Crippen LogP contribution in [0.5, 0.6) is 0 Å². The minimum Gasteiger partial charge on any atom is -0.469 e. The largest absolute Gasteiger partial charge is 0.469 e. The maximum Gasteiger partial charge on any atom is 0.307 e. The van der Waals surface area contributed by atoms with E-state index in [1.165, 1.54) is 7.11 Å². The molecule has 7 heteroatoms. The molecule has 0 saturated carbocycles. The molecule has 0 aromatic rings. The Balaban J connectivity index is 1.90. The van der Waals surface area contributed by atoms with Gasteiger partial charge < -0.3 is 24.8 Å². The van der Waals surface area contributed by atoms with E-state index in [-0.39, 0.29) is 24.3 Å². The van der Waals surface area contributed by atoms with E-state index in [2.05, 4.69) is 10.6 Å². The van der Waals surface area contributed by atoms with E-state index in [1.807, 2.05) is 0 Å². The van der Waals surface area contributed by atoms with Gasteiger partial charge in [-0.3, -0.25) is 9.59 Å². The van der Waals surface area contributed by atoms with E-state index in [4.69, 9.17) is 14.2 Å². The van der Waals surface area contributed by atoms with Crippen molar-refractivity contribution in [3.8, 4) is 0 Å². The molecule has 7 nitrogen and oxygen atoms in total. The molecular weight excluding hydrogens is 276 g/mol. The van der Waals surface area contributed by atoms with Gasteiger partial charge in [0, 0.05) is 32.2 Å². The highest BCUT2D eigenvalue weighted by atomic mass is 16.5. The molecule has 0 aromatic carbocycles. The fourth-order valence-electron chi connectivity index (χ4n) is 2.78. The molecule has 1 amide bonds. The number of carbonyl (C=O) groups excluding carboxylic acids is 2. The Morgan fingerprint density at radius 2 is 2.05 bits per heavy atom. The van der Waals surface area contributed by atoms with Crippen LogP contribution in [0.4, 0.5) is 0 Å². The number of morpholine rings is 1. The molecule has 0 bridgehead atoms. The van der Waals surface area contributed by atoms with E-state index in [1.54, 1.807) is 0 Å². The Bertz CT molecular complexity index is 362. The van der Waals surface area contributed by atoms with Crippen LogP contribution in [0.3, 0.4) is 0 Å². The highest BCUT2D eigenvalue weighted by Gasteiger charge is 2.37. The van der Waals surface area contributed by atoms with E-state index >= 15 is 0 Å². The summed E-state index contributed by atoms with van der Waals surface area (Å²) >= 11 is 0. The number of esters is 1. The molecule has 1 unspecified atom stereocenters. The number of hydrogen-bond donors (Lipinski definition) is 2. The number of nitrogens with one attached hydrogen (secondary N) is 2. The van der Waals surface area contributed by atoms with Crippen molar-refractivity contribution < 1.29 is 23.8 Å². The van der Waals surface area contributed by atoms with Crippen molar-refractivity contribution in [2.24, 2.45) is 0 Å². The summed E-state index contributed by atoms with van der Waals surface area (Å²) in [6.07, 6.45) is 1.79. The molecule has 0 spiro atoms. The topological polar surface area (TPSA) is 85.9 Å². The first-order chi connectivity index (χ1) is 10.1. The lowest BCUT2D eigenvalue weighted by molar-refractivity contribution is -0.144. The first-order valence-electron chi connectivity index (χ1n) is 7.40. The van der Waals surface area contributed by atoms with Crippen molar-refractivity contribution in [1.29, 1.82) is 0 Å². The van der Waals surface area contributed by atoms with Crippen LogP contribution < -0.4 is 10.6 Å². The van der Waals surface area contributed by atoms with Crippen molar-refractivity contribution in [3.63, 3.8) is 0 Å². The number of amides is 1. The predicted octanol–water partition coefficient (Wildman–Crippen LogP) is -0.407. The Kier molecular flexibility index (Phi) is 5.96. The summed E-state index contributed by atoms with van der Waals surface area (Å²) in [6.45, 7) is 3.07. The number of ether oxygens (including phenoxy) is 3. The van der Waals surface area contributed by atoms with Gasteiger partial charge in [-0.15, -0.1) is 0 Å². The first kappa shape index (κ1) is 16.2. The lowest BCUT2D eigenvalue weighted by Crippen LogP contribution is -2.55. The van der Waals surface area contributed by atoms with Crippen LogP contribution in [0.25, 0.3) is 0 Å². The Morgan fingerprint density at radius 1 is 1.29 bits per heavy atom. The molecule has 2 rings (SSSR count). The zero-order valence-electron chi connectivity index (χ0n) is 12.5. The summed E-state index contributed by atoms with van der Waals surface area (Å²) < 4.78 is 15.4. The lowest BCUT2D eigenvalue weighted by Gasteiger charge is -2.37. The summed E-state index contributed by atoms with van der Waals surface area (Å²) in [5.74, 6) is -0.375. The number of hydrogen-bond acceptors (Lipinski definition) is 6. The van der Waals surface area contributed by atoms with Crippen LogP contribution in [0.15, 0.2) is 0 Å². The summed E-state index contributed by atoms with van der Waals surface area (Å²) in [4.78, 5) is 23.9. The monoisotopic (exact) mass is 300 g/mol. The van der Waals surface area contributed by atoms with Crippen molar-refractivity contribution in [2.75, 3.05) is 40.1 Å². The summed E-state index contributed by atoms with van der Waals surface area (Å²) in [7, 11) is 1.36. The van der Waals surface area contributed by atoms with Crippen LogP contribution in [-0.4, -0.2) is 63.5 Å². The van der Waals surface area contributed by atoms with Gasteiger partial charge in [0.05, 0.1) is 32.3 Å². The molecule has 2 fully saturated rings. The molecule has 0 radical (unpaired) electrons. The average molecular weight is 300 g/mol. The van der Waals surface area contributed by atoms with Gasteiger partial charge in [0.15, 0.2) is 0 Å². The highest BCUT2D eigenvalue weighted by Crippen LogP contribution is 2.25. The van der Waals surface area contributed by atoms with Crippen molar-refractivity contribution in [1.82, 2.24) is 10.6 Å². The number of carbonyl (C=O) groups is 2. The third-order valence-electron chi connectivity index (χ3n) is 4.00. The minimum atomic E-state index is -0.544. The van der Waals surface area contributed by atoms with Crippen molar-refractivity contribution >= 4 is 11.9 Å². The number of methoxy groups -OCH3 is 1. The van der Waals surface area contributed by atoms with Crippen LogP contribution in [0.1, 0.15) is 25.7 Å². The lowest BCUT2D eigenvalue weighted by atomic mass is 9.86. The van der Waals surface area contributed by atoms with Crippen molar-refractivity contribution in [2.45, 2.75) is 37.3 Å². The quantitative estimate of drug-likeness (QED) is 0.672. The summed E-state index contributed by atoms with van der Waals surface area (Å²) in [5.41, 5.74) is -0.544. The maximum atomic E-state index is 12.3. The van der Waals surface area contributed by atoms with Crippen LogP contribution in [0.2, 0.25) is 0 Å². The van der Waals surface area contributed by atoms with Gasteiger partial charge >= 0.3 is 5.97 Å². The molecule has 1 atom stereocenters. The highest BCUT2D eigenvalue weighted by molar-refractivity contribution is 5.79. The van der Waals surface area contributed by atoms with Gasteiger partial charge in [-0.05, 0) is 12.8 Å². The van der Waals surface area contributed by atoms with E-state index in [9.17, 15) is 9.59 Å². The first-order valence-corrected chi connectivity index (χ1v) is 7.40. The molecule has 2 aliphatic heterocycles. The van der Waals surface area contributed by atoms with Crippen LogP contribution in [-0.2, 0) is 23.8 Å². The van der Waals surface area contributed by atoms with Gasteiger partial charge in [0.25, 0.3) is 0 Å². The number of rotatable bonds is 5. The molecule has 2 N–H and O–H groups in total. The molecule has 21 heavy (non-hydrogen) atoms. The Morgan fingerprint density at radius 3 is 2.67 bits per heavy atom. The Hall–Kier alpha value is -1.18. The van der Waals surface area contributed by atoms with Gasteiger partial charge in [-0.25, -0.2) is 0 Å². The minimum absolute atomic E-state index is 0.0359. The van der Waals surface area contributed by atoms with Crippen molar-refractivity contribution in [3.05, 3.63) is 0 Å². The average Bonchev–Trinajstić information content (AvgIpc) is 2.48. The van der Waals surface area contributed by atoms with Gasteiger partial charge in [0.1, 0.15) is 0 Å². The second kappa shape index (κ2) is 7.72. The standard InChI is InChI=1S/C14H24N2O5/c1-19-13(18)9-14(2-5-20-6-3-14)16-12(17)8-11-10-21-7-4-15-11/h11,15H,2-10H2,1H3,(H,16,17). The smallest absolute Gasteiger partial charge is 0.307 e. The molecular formula is C14H24N2O5. The van der Waals surface area contributed by atoms with Gasteiger partial charge in [0.2, 0.25) is 5.91 Å². The van der Waals surface area contributed by atoms with Crippen LogP contribution >= 0.6 is 0 Å². The predicted molar refractivity (Wildman–Crippen MR) is 74.8 cm³/mol. The van der Waals surface area contributed by atoms with E-state index in [0.717, 1.165) is 6.54 Å². The SMILES string of the molecule is COC(=O)CC1(NC(=O)CC2COCCN2)CCOCC1. The van der Waals surface area contributed by atoms with Gasteiger partial charge in [-0.2, -0.15) is 0 Å². The summed E-state index contributed by atoms with van der Waals surface area (Å²) in [6, 6.07) is 0.0359. The maximum absolute atomic E-state index is 12.3. The normalized spacial score (nSPS) is 25.1. The zero-order valence-corrected chi connectivity index (χ0v) is 12.5. The second-order valence-electron chi connectivity index (χ2n) is 5.62. The van der Waals surface area contributed by atoms with E-state index in [0.29, 0.717) is 45.7 Å². The third-order valence-corrected chi connectivity index (χ3v) is 4.00. The molecule has 2 heterocycles. The fraction of sp³-hybridized carbons (Fsp3) is 0.857. The molecule has 2 saturated heterocycles. The van der Waals surface area contributed by atoms with E-state index < -0.39 is 5.54 Å². The zero-order chi connectivity index (χ0) is 15.1. The molecule has 2 aliphatic rings. The fourth-order valence-corrected chi connectivity index (χ4v) is 2.78. The summed E-state index contributed by atoms with van der Waals surface area (Å²) in [5, 5.41) is 6.28. The molecule has 120 valence electrons. The Labute approximate surface area is 124 Å². The van der Waals surface area contributed by atoms with Gasteiger partial charge in [-0.1, -0.05) is 0 Å².